The quantitative estimate of drug-likeness (QED) is 0.233. The number of hydrogen-bond donors (Lipinski definition) is 5. The average molecular weight is 487 g/mol. The molecule has 4 rings (SSSR count). The molecular weight excluding hydrogens is 456 g/mol. The van der Waals surface area contributed by atoms with Crippen LogP contribution in [0, 0.1) is 0 Å². The number of benzene rings is 3. The molecule has 0 fully saturated rings. The molecule has 3 aromatic carbocycles. The van der Waals surface area contributed by atoms with Crippen molar-refractivity contribution < 1.29 is 19.6 Å². The molecule has 3 amide bonds. The van der Waals surface area contributed by atoms with Crippen molar-refractivity contribution in [2.45, 2.75) is 43.9 Å². The molecule has 186 valence electrons. The molecule has 0 aromatic heterocycles. The fourth-order valence-corrected chi connectivity index (χ4v) is 4.38. The van der Waals surface area contributed by atoms with Crippen LogP contribution >= 0.6 is 0 Å². The summed E-state index contributed by atoms with van der Waals surface area (Å²) in [6.07, 6.45) is 0.956. The van der Waals surface area contributed by atoms with Gasteiger partial charge in [0.05, 0.1) is 6.04 Å². The molecule has 36 heavy (non-hydrogen) atoms. The number of hydroxylamine groups is 1. The fraction of sp³-hybridized carbons (Fsp3) is 0.250. The van der Waals surface area contributed by atoms with E-state index in [1.165, 1.54) is 0 Å². The third-order valence-corrected chi connectivity index (χ3v) is 6.34. The van der Waals surface area contributed by atoms with E-state index in [0.29, 0.717) is 13.0 Å². The first kappa shape index (κ1) is 25.1. The predicted octanol–water partition coefficient (Wildman–Crippen LogP) is 1.66. The van der Waals surface area contributed by atoms with Crippen molar-refractivity contribution in [1.82, 2.24) is 21.4 Å². The molecular formula is C28H30N4O4. The van der Waals surface area contributed by atoms with Gasteiger partial charge in [0.1, 0.15) is 12.1 Å². The maximum Gasteiger partial charge on any atom is 0.266 e. The minimum Gasteiger partial charge on any atom is -0.343 e. The highest BCUT2D eigenvalue weighted by Gasteiger charge is 2.30. The normalized spacial score (nSPS) is 16.2. The van der Waals surface area contributed by atoms with Gasteiger partial charge >= 0.3 is 0 Å². The van der Waals surface area contributed by atoms with Gasteiger partial charge in [0, 0.05) is 19.4 Å². The third kappa shape index (κ3) is 6.56. The van der Waals surface area contributed by atoms with Crippen LogP contribution in [0.1, 0.15) is 22.3 Å². The lowest BCUT2D eigenvalue weighted by Crippen LogP contribution is -2.57. The monoisotopic (exact) mass is 486 g/mol. The van der Waals surface area contributed by atoms with E-state index in [1.807, 2.05) is 84.9 Å². The van der Waals surface area contributed by atoms with Gasteiger partial charge in [-0.15, -0.1) is 0 Å². The molecule has 1 heterocycles. The van der Waals surface area contributed by atoms with Crippen LogP contribution in [-0.2, 0) is 40.2 Å². The van der Waals surface area contributed by atoms with Crippen molar-refractivity contribution in [2.75, 3.05) is 0 Å². The zero-order valence-electron chi connectivity index (χ0n) is 19.8. The second-order valence-electron chi connectivity index (χ2n) is 8.88. The van der Waals surface area contributed by atoms with E-state index in [2.05, 4.69) is 16.0 Å². The highest BCUT2D eigenvalue weighted by Crippen LogP contribution is 2.16. The summed E-state index contributed by atoms with van der Waals surface area (Å²) < 4.78 is 0. The predicted molar refractivity (Wildman–Crippen MR) is 135 cm³/mol. The summed E-state index contributed by atoms with van der Waals surface area (Å²) in [6, 6.07) is 24.1. The summed E-state index contributed by atoms with van der Waals surface area (Å²) in [7, 11) is 0. The number of fused-ring (bicyclic) bond motifs is 1. The Hall–Kier alpha value is -4.01. The summed E-state index contributed by atoms with van der Waals surface area (Å²) in [5.74, 6) is -1.53. The zero-order chi connectivity index (χ0) is 25.3. The van der Waals surface area contributed by atoms with Crippen molar-refractivity contribution in [2.24, 2.45) is 0 Å². The minimum atomic E-state index is -1.01. The van der Waals surface area contributed by atoms with Gasteiger partial charge in [-0.25, -0.2) is 5.48 Å². The summed E-state index contributed by atoms with van der Waals surface area (Å²) in [5.41, 5.74) is 5.57. The third-order valence-electron chi connectivity index (χ3n) is 6.34. The maximum atomic E-state index is 13.4. The Balaban J connectivity index is 1.49. The van der Waals surface area contributed by atoms with Crippen molar-refractivity contribution in [1.29, 1.82) is 0 Å². The van der Waals surface area contributed by atoms with Crippen molar-refractivity contribution in [3.05, 3.63) is 107 Å². The van der Waals surface area contributed by atoms with Gasteiger partial charge in [-0.1, -0.05) is 84.9 Å². The summed E-state index contributed by atoms with van der Waals surface area (Å²) in [6.45, 7) is 0.569. The molecule has 0 unspecified atom stereocenters. The Morgan fingerprint density at radius 3 is 1.86 bits per heavy atom. The topological polar surface area (TPSA) is 120 Å². The smallest absolute Gasteiger partial charge is 0.266 e. The lowest BCUT2D eigenvalue weighted by molar-refractivity contribution is -0.136. The highest BCUT2D eigenvalue weighted by molar-refractivity contribution is 5.93. The van der Waals surface area contributed by atoms with E-state index in [0.717, 1.165) is 22.3 Å². The number of rotatable bonds is 9. The molecule has 0 spiro atoms. The molecule has 8 heteroatoms. The molecule has 0 radical (unpaired) electrons. The van der Waals surface area contributed by atoms with Gasteiger partial charge in [0.15, 0.2) is 0 Å². The van der Waals surface area contributed by atoms with E-state index in [1.54, 1.807) is 5.48 Å². The minimum absolute atomic E-state index is 0.186. The second-order valence-corrected chi connectivity index (χ2v) is 8.88. The van der Waals surface area contributed by atoms with E-state index in [4.69, 9.17) is 0 Å². The van der Waals surface area contributed by atoms with Gasteiger partial charge < -0.3 is 16.0 Å². The first-order chi connectivity index (χ1) is 17.5. The van der Waals surface area contributed by atoms with Gasteiger partial charge in [0.25, 0.3) is 5.91 Å². The van der Waals surface area contributed by atoms with Crippen LogP contribution in [-0.4, -0.2) is 41.1 Å². The molecule has 0 aliphatic carbocycles. The maximum absolute atomic E-state index is 13.4. The lowest BCUT2D eigenvalue weighted by Gasteiger charge is -2.28. The van der Waals surface area contributed by atoms with E-state index >= 15 is 0 Å². The molecule has 1 aliphatic heterocycles. The molecule has 0 saturated carbocycles. The molecule has 3 aromatic rings. The van der Waals surface area contributed by atoms with E-state index < -0.39 is 29.9 Å². The largest absolute Gasteiger partial charge is 0.343 e. The standard InChI is InChI=1S/C28H30N4O4/c33-26(23-17-21-13-7-8-14-22(21)18-29-23)30-24(15-19-9-3-1-4-10-19)27(34)31-25(28(35)32-36)16-20-11-5-2-6-12-20/h1-14,23-25,29,36H,15-18H2,(H,30,33)(H,31,34)(H,32,35)/t23-,24-,25-/m0/s1. The van der Waals surface area contributed by atoms with Crippen LogP contribution in [0.25, 0.3) is 0 Å². The average Bonchev–Trinajstić information content (AvgIpc) is 2.92. The van der Waals surface area contributed by atoms with Crippen LogP contribution in [0.4, 0.5) is 0 Å². The highest BCUT2D eigenvalue weighted by atomic mass is 16.5. The van der Waals surface area contributed by atoms with Crippen LogP contribution < -0.4 is 21.4 Å². The van der Waals surface area contributed by atoms with Crippen LogP contribution in [0.3, 0.4) is 0 Å². The fourth-order valence-electron chi connectivity index (χ4n) is 4.38. The van der Waals surface area contributed by atoms with E-state index in [9.17, 15) is 19.6 Å². The first-order valence-electron chi connectivity index (χ1n) is 12.0. The first-order valence-corrected chi connectivity index (χ1v) is 12.0. The van der Waals surface area contributed by atoms with Crippen LogP contribution in [0.15, 0.2) is 84.9 Å². The second kappa shape index (κ2) is 12.1. The Labute approximate surface area is 210 Å². The molecule has 0 saturated heterocycles. The SMILES string of the molecule is O=C(N[C@@H](Cc1ccccc1)C(=O)N[C@@H](Cc1ccccc1)C(=O)NO)[C@@H]1Cc2ccccc2CN1. The van der Waals surface area contributed by atoms with Crippen LogP contribution in [0.2, 0.25) is 0 Å². The number of nitrogens with one attached hydrogen (secondary N) is 4. The summed E-state index contributed by atoms with van der Waals surface area (Å²) >= 11 is 0. The van der Waals surface area contributed by atoms with Gasteiger partial charge in [0.2, 0.25) is 11.8 Å². The molecule has 1 aliphatic rings. The van der Waals surface area contributed by atoms with Gasteiger partial charge in [-0.2, -0.15) is 0 Å². The molecule has 3 atom stereocenters. The van der Waals surface area contributed by atoms with Crippen molar-refractivity contribution in [3.63, 3.8) is 0 Å². The number of carbonyl (C=O) groups is 3. The number of carbonyl (C=O) groups excluding carboxylic acids is 3. The zero-order valence-corrected chi connectivity index (χ0v) is 19.8. The molecule has 8 nitrogen and oxygen atoms in total. The van der Waals surface area contributed by atoms with Crippen molar-refractivity contribution in [3.8, 4) is 0 Å². The summed E-state index contributed by atoms with van der Waals surface area (Å²) in [4.78, 5) is 38.9. The van der Waals surface area contributed by atoms with Gasteiger partial charge in [-0.3, -0.25) is 19.6 Å². The van der Waals surface area contributed by atoms with Gasteiger partial charge in [-0.05, 0) is 28.7 Å². The Kier molecular flexibility index (Phi) is 8.44. The molecule has 5 N–H and O–H groups in total. The number of hydrogen-bond acceptors (Lipinski definition) is 5. The Bertz CT molecular complexity index is 1190. The summed E-state index contributed by atoms with van der Waals surface area (Å²) in [5, 5.41) is 18.1. The lowest BCUT2D eigenvalue weighted by atomic mass is 9.95. The van der Waals surface area contributed by atoms with E-state index in [-0.39, 0.29) is 18.7 Å². The van der Waals surface area contributed by atoms with Crippen LogP contribution in [0.5, 0.6) is 0 Å². The molecule has 0 bridgehead atoms. The Morgan fingerprint density at radius 1 is 0.750 bits per heavy atom. The Morgan fingerprint density at radius 2 is 1.28 bits per heavy atom. The van der Waals surface area contributed by atoms with Crippen molar-refractivity contribution >= 4 is 17.7 Å². The number of amides is 3.